The van der Waals surface area contributed by atoms with Gasteiger partial charge < -0.3 is 10.2 Å². The maximum absolute atomic E-state index is 14.4. The van der Waals surface area contributed by atoms with Gasteiger partial charge in [0.1, 0.15) is 18.4 Å². The standard InChI is InChI=1S/C33H32Cl2FN3O4S/c1-3-37-33(41)31(20-24-8-5-4-6-9-24)38(21-28-29(34)10-7-11-30(28)35)32(40)22-39(26-16-12-23(2)13-17-26)44(42,43)27-18-14-25(36)15-19-27/h4-19,31H,3,20-22H2,1-2H3,(H,37,41)/t31-/m0/s1. The Morgan fingerprint density at radius 3 is 2.07 bits per heavy atom. The van der Waals surface area contributed by atoms with Crippen molar-refractivity contribution in [1.29, 1.82) is 0 Å². The maximum Gasteiger partial charge on any atom is 0.264 e. The number of aryl methyl sites for hydroxylation is 1. The van der Waals surface area contributed by atoms with Crippen molar-refractivity contribution < 1.29 is 22.4 Å². The number of nitrogens with zero attached hydrogens (tertiary/aromatic N) is 2. The molecule has 0 aliphatic heterocycles. The molecule has 230 valence electrons. The number of likely N-dealkylation sites (N-methyl/N-ethyl adjacent to an activating group) is 1. The Hall–Kier alpha value is -3.92. The zero-order valence-electron chi connectivity index (χ0n) is 24.2. The lowest BCUT2D eigenvalue weighted by molar-refractivity contribution is -0.140. The lowest BCUT2D eigenvalue weighted by atomic mass is 10.0. The number of halogens is 3. The summed E-state index contributed by atoms with van der Waals surface area (Å²) in [5.74, 6) is -1.69. The monoisotopic (exact) mass is 655 g/mol. The van der Waals surface area contributed by atoms with Crippen molar-refractivity contribution in [2.45, 2.75) is 37.8 Å². The Morgan fingerprint density at radius 2 is 1.48 bits per heavy atom. The molecule has 4 aromatic rings. The first kappa shape index (κ1) is 33.0. The lowest BCUT2D eigenvalue weighted by Gasteiger charge is -2.34. The Labute approximate surface area is 267 Å². The van der Waals surface area contributed by atoms with E-state index in [1.165, 1.54) is 4.90 Å². The average Bonchev–Trinajstić information content (AvgIpc) is 3.00. The van der Waals surface area contributed by atoms with E-state index >= 15 is 0 Å². The van der Waals surface area contributed by atoms with Crippen molar-refractivity contribution >= 4 is 50.7 Å². The van der Waals surface area contributed by atoms with E-state index in [9.17, 15) is 22.4 Å². The number of nitrogens with one attached hydrogen (secondary N) is 1. The van der Waals surface area contributed by atoms with Crippen LogP contribution in [0.15, 0.2) is 102 Å². The minimum absolute atomic E-state index is 0.149. The molecule has 0 saturated carbocycles. The fourth-order valence-electron chi connectivity index (χ4n) is 4.67. The molecule has 44 heavy (non-hydrogen) atoms. The third kappa shape index (κ3) is 7.96. The van der Waals surface area contributed by atoms with Crippen LogP contribution in [0.1, 0.15) is 23.6 Å². The van der Waals surface area contributed by atoms with E-state index in [0.717, 1.165) is 39.7 Å². The highest BCUT2D eigenvalue weighted by atomic mass is 35.5. The first-order valence-electron chi connectivity index (χ1n) is 13.9. The maximum atomic E-state index is 14.4. The summed E-state index contributed by atoms with van der Waals surface area (Å²) in [4.78, 5) is 29.1. The Bertz CT molecular complexity index is 1680. The number of hydrogen-bond acceptors (Lipinski definition) is 4. The summed E-state index contributed by atoms with van der Waals surface area (Å²) in [7, 11) is -4.35. The molecule has 0 spiro atoms. The number of benzene rings is 4. The number of hydrogen-bond donors (Lipinski definition) is 1. The number of anilines is 1. The van der Waals surface area contributed by atoms with Crippen LogP contribution in [-0.4, -0.2) is 44.3 Å². The van der Waals surface area contributed by atoms with Crippen LogP contribution in [0.25, 0.3) is 0 Å². The van der Waals surface area contributed by atoms with E-state index in [0.29, 0.717) is 22.2 Å². The highest BCUT2D eigenvalue weighted by molar-refractivity contribution is 7.92. The number of carbonyl (C=O) groups excluding carboxylic acids is 2. The van der Waals surface area contributed by atoms with E-state index in [4.69, 9.17) is 23.2 Å². The van der Waals surface area contributed by atoms with E-state index in [-0.39, 0.29) is 23.5 Å². The van der Waals surface area contributed by atoms with Gasteiger partial charge >= 0.3 is 0 Å². The smallest absolute Gasteiger partial charge is 0.264 e. The van der Waals surface area contributed by atoms with Crippen LogP contribution in [-0.2, 0) is 32.6 Å². The van der Waals surface area contributed by atoms with Crippen LogP contribution in [0.5, 0.6) is 0 Å². The summed E-state index contributed by atoms with van der Waals surface area (Å²) >= 11 is 13.0. The number of carbonyl (C=O) groups is 2. The molecule has 0 saturated heterocycles. The van der Waals surface area contributed by atoms with Gasteiger partial charge in [-0.2, -0.15) is 0 Å². The minimum Gasteiger partial charge on any atom is -0.355 e. The van der Waals surface area contributed by atoms with Crippen molar-refractivity contribution in [2.75, 3.05) is 17.4 Å². The van der Waals surface area contributed by atoms with Crippen molar-refractivity contribution in [3.8, 4) is 0 Å². The zero-order chi connectivity index (χ0) is 31.9. The minimum atomic E-state index is -4.35. The molecule has 0 aromatic heterocycles. The predicted molar refractivity (Wildman–Crippen MR) is 172 cm³/mol. The van der Waals surface area contributed by atoms with Gasteiger partial charge in [-0.05, 0) is 67.9 Å². The number of amides is 2. The highest BCUT2D eigenvalue weighted by Gasteiger charge is 2.35. The Kier molecular flexibility index (Phi) is 11.0. The van der Waals surface area contributed by atoms with Crippen LogP contribution in [0.2, 0.25) is 10.0 Å². The topological polar surface area (TPSA) is 86.8 Å². The van der Waals surface area contributed by atoms with Crippen molar-refractivity contribution in [2.24, 2.45) is 0 Å². The molecule has 1 atom stereocenters. The molecule has 1 N–H and O–H groups in total. The molecular weight excluding hydrogens is 624 g/mol. The van der Waals surface area contributed by atoms with Crippen LogP contribution in [0.4, 0.5) is 10.1 Å². The van der Waals surface area contributed by atoms with Gasteiger partial charge in [0, 0.05) is 35.1 Å². The second kappa shape index (κ2) is 14.7. The van der Waals surface area contributed by atoms with Gasteiger partial charge in [0.15, 0.2) is 0 Å². The fourth-order valence-corrected chi connectivity index (χ4v) is 6.60. The summed E-state index contributed by atoms with van der Waals surface area (Å²) in [6.07, 6.45) is 0.149. The quantitative estimate of drug-likeness (QED) is 0.191. The SMILES string of the molecule is CCNC(=O)[C@H](Cc1ccccc1)N(Cc1c(Cl)cccc1Cl)C(=O)CN(c1ccc(C)cc1)S(=O)(=O)c1ccc(F)cc1. The average molecular weight is 657 g/mol. The van der Waals surface area contributed by atoms with Crippen LogP contribution < -0.4 is 9.62 Å². The summed E-state index contributed by atoms with van der Waals surface area (Å²) in [6, 6.07) is 24.1. The van der Waals surface area contributed by atoms with E-state index < -0.39 is 40.2 Å². The van der Waals surface area contributed by atoms with Gasteiger partial charge in [0.25, 0.3) is 10.0 Å². The van der Waals surface area contributed by atoms with Crippen molar-refractivity contribution in [3.05, 3.63) is 130 Å². The molecule has 4 aromatic carbocycles. The molecule has 0 unspecified atom stereocenters. The fraction of sp³-hybridized carbons (Fsp3) is 0.212. The molecule has 0 radical (unpaired) electrons. The molecule has 0 bridgehead atoms. The number of rotatable bonds is 12. The third-order valence-electron chi connectivity index (χ3n) is 7.01. The first-order chi connectivity index (χ1) is 21.0. The normalized spacial score (nSPS) is 11.9. The molecule has 4 rings (SSSR count). The van der Waals surface area contributed by atoms with Gasteiger partial charge in [-0.1, -0.05) is 77.3 Å². The molecule has 0 aliphatic carbocycles. The Balaban J connectivity index is 1.82. The van der Waals surface area contributed by atoms with Crippen LogP contribution in [0, 0.1) is 12.7 Å². The molecule has 0 heterocycles. The van der Waals surface area contributed by atoms with Crippen LogP contribution >= 0.6 is 23.2 Å². The van der Waals surface area contributed by atoms with Crippen molar-refractivity contribution in [1.82, 2.24) is 10.2 Å². The van der Waals surface area contributed by atoms with Crippen LogP contribution in [0.3, 0.4) is 0 Å². The molecule has 0 aliphatic rings. The highest BCUT2D eigenvalue weighted by Crippen LogP contribution is 2.29. The summed E-state index contributed by atoms with van der Waals surface area (Å²) < 4.78 is 42.6. The van der Waals surface area contributed by atoms with E-state index in [1.54, 1.807) is 49.4 Å². The molecular formula is C33H32Cl2FN3O4S. The van der Waals surface area contributed by atoms with Gasteiger partial charge in [0.2, 0.25) is 11.8 Å². The predicted octanol–water partition coefficient (Wildman–Crippen LogP) is 6.41. The second-order valence-corrected chi connectivity index (χ2v) is 12.8. The van der Waals surface area contributed by atoms with Crippen molar-refractivity contribution in [3.63, 3.8) is 0 Å². The molecule has 11 heteroatoms. The third-order valence-corrected chi connectivity index (χ3v) is 9.51. The summed E-state index contributed by atoms with van der Waals surface area (Å²) in [6.45, 7) is 3.11. The molecule has 0 fully saturated rings. The Morgan fingerprint density at radius 1 is 0.864 bits per heavy atom. The summed E-state index contributed by atoms with van der Waals surface area (Å²) in [5.41, 5.74) is 2.31. The summed E-state index contributed by atoms with van der Waals surface area (Å²) in [5, 5.41) is 3.38. The zero-order valence-corrected chi connectivity index (χ0v) is 26.5. The van der Waals surface area contributed by atoms with E-state index in [2.05, 4.69) is 5.32 Å². The first-order valence-corrected chi connectivity index (χ1v) is 16.1. The lowest BCUT2D eigenvalue weighted by Crippen LogP contribution is -2.53. The largest absolute Gasteiger partial charge is 0.355 e. The molecule has 2 amide bonds. The van der Waals surface area contributed by atoms with Gasteiger partial charge in [-0.15, -0.1) is 0 Å². The van der Waals surface area contributed by atoms with Gasteiger partial charge in [0.05, 0.1) is 10.6 Å². The van der Waals surface area contributed by atoms with Gasteiger partial charge in [-0.3, -0.25) is 13.9 Å². The second-order valence-electron chi connectivity index (χ2n) is 10.1. The number of sulfonamides is 1. The van der Waals surface area contributed by atoms with Gasteiger partial charge in [-0.25, -0.2) is 12.8 Å². The molecule has 7 nitrogen and oxygen atoms in total. The van der Waals surface area contributed by atoms with E-state index in [1.807, 2.05) is 37.3 Å².